The molecular weight excluding hydrogens is 192 g/mol. The molecule has 0 unspecified atom stereocenters. The molecule has 3 N–H and O–H groups in total. The first-order valence-electron chi connectivity index (χ1n) is 4.62. The second-order valence-electron chi connectivity index (χ2n) is 3.95. The van der Waals surface area contributed by atoms with Gasteiger partial charge >= 0.3 is 6.47 Å². The number of nitrogens with two attached hydrogens (primary N) is 1. The lowest BCUT2D eigenvalue weighted by molar-refractivity contribution is -0.135. The van der Waals surface area contributed by atoms with Crippen molar-refractivity contribution < 1.29 is 9.63 Å². The van der Waals surface area contributed by atoms with E-state index >= 15 is 0 Å². The summed E-state index contributed by atoms with van der Waals surface area (Å²) in [6.45, 7) is 6.87. The second-order valence-corrected chi connectivity index (χ2v) is 3.95. The number of hydrogen-bond donors (Lipinski definition) is 2. The van der Waals surface area contributed by atoms with E-state index in [4.69, 9.17) is 4.79 Å². The lowest BCUT2D eigenvalue weighted by atomic mass is 9.87. The van der Waals surface area contributed by atoms with Crippen LogP contribution in [0.15, 0.2) is 30.3 Å². The van der Waals surface area contributed by atoms with Gasteiger partial charge in [-0.1, -0.05) is 56.7 Å². The molecule has 0 saturated carbocycles. The Kier molecular flexibility index (Phi) is 6.33. The summed E-state index contributed by atoms with van der Waals surface area (Å²) < 4.78 is 0. The van der Waals surface area contributed by atoms with Crippen LogP contribution in [-0.4, -0.2) is 6.47 Å². The topological polar surface area (TPSA) is 64.3 Å². The van der Waals surface area contributed by atoms with Gasteiger partial charge in [0.1, 0.15) is 0 Å². The van der Waals surface area contributed by atoms with Crippen LogP contribution in [0.1, 0.15) is 26.3 Å². The maximum atomic E-state index is 9.04. The Morgan fingerprint density at radius 3 is 2.00 bits per heavy atom. The third-order valence-corrected chi connectivity index (χ3v) is 1.76. The highest BCUT2D eigenvalue weighted by atomic mass is 16.7. The molecule has 0 aliphatic heterocycles. The van der Waals surface area contributed by atoms with Crippen molar-refractivity contribution in [1.82, 2.24) is 5.59 Å². The fraction of sp³-hybridized carbons (Fsp3) is 0.364. The van der Waals surface area contributed by atoms with Gasteiger partial charge in [-0.3, -0.25) is 4.79 Å². The minimum absolute atomic E-state index is 0.194. The van der Waals surface area contributed by atoms with E-state index < -0.39 is 0 Å². The Bertz CT molecular complexity index is 268. The number of benzene rings is 1. The van der Waals surface area contributed by atoms with E-state index in [9.17, 15) is 0 Å². The van der Waals surface area contributed by atoms with E-state index in [1.807, 2.05) is 0 Å². The molecule has 0 aliphatic rings. The van der Waals surface area contributed by atoms with Crippen LogP contribution < -0.4 is 11.4 Å². The normalized spacial score (nSPS) is 9.87. The summed E-state index contributed by atoms with van der Waals surface area (Å²) in [4.78, 5) is 12.7. The Labute approximate surface area is 90.4 Å². The van der Waals surface area contributed by atoms with Crippen molar-refractivity contribution in [3.8, 4) is 0 Å². The number of hydrogen-bond acceptors (Lipinski definition) is 4. The largest absolute Gasteiger partial charge is 0.359 e. The Morgan fingerprint density at radius 1 is 1.27 bits per heavy atom. The summed E-state index contributed by atoms with van der Waals surface area (Å²) in [6, 6.07) is 10.6. The third kappa shape index (κ3) is 6.65. The molecule has 0 aliphatic carbocycles. The van der Waals surface area contributed by atoms with E-state index in [2.05, 4.69) is 61.8 Å². The van der Waals surface area contributed by atoms with Gasteiger partial charge < -0.3 is 4.84 Å². The smallest absolute Gasteiger partial charge is 0.314 e. The maximum absolute atomic E-state index is 9.04. The van der Waals surface area contributed by atoms with Crippen LogP contribution in [-0.2, 0) is 15.0 Å². The molecule has 4 heteroatoms. The Balaban J connectivity index is 0.000000336. The van der Waals surface area contributed by atoms with Crippen LogP contribution in [0, 0.1) is 0 Å². The summed E-state index contributed by atoms with van der Waals surface area (Å²) in [5.41, 5.74) is 3.34. The van der Waals surface area contributed by atoms with E-state index in [-0.39, 0.29) is 6.47 Å². The van der Waals surface area contributed by atoms with E-state index in [1.165, 1.54) is 5.56 Å². The standard InChI is InChI=1S/C10H14.CH4N2O2/c1-10(2,3)9-7-5-4-6-8-9;2-3-5-1-4/h4-8H,1-3H3;1,3H,2H2. The number of carbonyl (C=O) groups is 1. The van der Waals surface area contributed by atoms with Crippen LogP contribution in [0.2, 0.25) is 0 Å². The highest BCUT2D eigenvalue weighted by Gasteiger charge is 2.11. The predicted octanol–water partition coefficient (Wildman–Crippen LogP) is 1.52. The zero-order valence-corrected chi connectivity index (χ0v) is 9.36. The molecule has 0 aromatic heterocycles. The fourth-order valence-corrected chi connectivity index (χ4v) is 0.966. The average Bonchev–Trinajstić information content (AvgIpc) is 2.20. The fourth-order valence-electron chi connectivity index (χ4n) is 0.966. The number of nitrogens with one attached hydrogen (secondary N) is 1. The molecule has 0 amide bonds. The van der Waals surface area contributed by atoms with Gasteiger partial charge in [0.2, 0.25) is 0 Å². The summed E-state index contributed by atoms with van der Waals surface area (Å²) in [7, 11) is 0. The molecule has 0 fully saturated rings. The van der Waals surface area contributed by atoms with Crippen molar-refractivity contribution in [2.75, 3.05) is 0 Å². The molecule has 0 radical (unpaired) electrons. The summed E-state index contributed by atoms with van der Waals surface area (Å²) in [5.74, 6) is 4.44. The minimum atomic E-state index is 0.194. The van der Waals surface area contributed by atoms with Crippen molar-refractivity contribution in [2.45, 2.75) is 26.2 Å². The lowest BCUT2D eigenvalue weighted by Crippen LogP contribution is -2.20. The summed E-state index contributed by atoms with van der Waals surface area (Å²) in [6.07, 6.45) is 0. The van der Waals surface area contributed by atoms with Crippen LogP contribution in [0.25, 0.3) is 0 Å². The first-order valence-corrected chi connectivity index (χ1v) is 4.62. The molecule has 1 aromatic carbocycles. The van der Waals surface area contributed by atoms with Gasteiger partial charge in [0.15, 0.2) is 0 Å². The Morgan fingerprint density at radius 2 is 1.80 bits per heavy atom. The van der Waals surface area contributed by atoms with E-state index in [0.29, 0.717) is 5.41 Å². The molecule has 0 saturated heterocycles. The minimum Gasteiger partial charge on any atom is -0.359 e. The predicted molar refractivity (Wildman–Crippen MR) is 59.6 cm³/mol. The maximum Gasteiger partial charge on any atom is 0.314 e. The molecule has 0 atom stereocenters. The molecule has 84 valence electrons. The summed E-state index contributed by atoms with van der Waals surface area (Å²) >= 11 is 0. The lowest BCUT2D eigenvalue weighted by Gasteiger charge is -2.18. The molecule has 15 heavy (non-hydrogen) atoms. The highest BCUT2D eigenvalue weighted by molar-refractivity contribution is 5.36. The molecule has 0 heterocycles. The van der Waals surface area contributed by atoms with Crippen LogP contribution in [0.3, 0.4) is 0 Å². The van der Waals surface area contributed by atoms with Crippen molar-refractivity contribution in [3.63, 3.8) is 0 Å². The monoisotopic (exact) mass is 210 g/mol. The Hall–Kier alpha value is -1.39. The zero-order chi connectivity index (χ0) is 11.7. The third-order valence-electron chi connectivity index (χ3n) is 1.76. The molecule has 4 nitrogen and oxygen atoms in total. The number of rotatable bonds is 2. The SMILES string of the molecule is CC(C)(C)c1ccccc1.NNOC=O. The first kappa shape index (κ1) is 13.6. The van der Waals surface area contributed by atoms with Crippen molar-refractivity contribution in [3.05, 3.63) is 35.9 Å². The van der Waals surface area contributed by atoms with Gasteiger partial charge in [0.05, 0.1) is 0 Å². The van der Waals surface area contributed by atoms with Gasteiger partial charge in [-0.2, -0.15) is 0 Å². The van der Waals surface area contributed by atoms with Crippen molar-refractivity contribution >= 4 is 6.47 Å². The van der Waals surface area contributed by atoms with Gasteiger partial charge in [-0.25, -0.2) is 5.84 Å². The van der Waals surface area contributed by atoms with Crippen LogP contribution in [0.5, 0.6) is 0 Å². The van der Waals surface area contributed by atoms with Gasteiger partial charge in [0.25, 0.3) is 0 Å². The van der Waals surface area contributed by atoms with Crippen molar-refractivity contribution in [1.29, 1.82) is 0 Å². The van der Waals surface area contributed by atoms with Crippen LogP contribution >= 0.6 is 0 Å². The molecule has 1 rings (SSSR count). The molecule has 1 aromatic rings. The zero-order valence-electron chi connectivity index (χ0n) is 9.36. The van der Waals surface area contributed by atoms with E-state index in [1.54, 1.807) is 5.59 Å². The van der Waals surface area contributed by atoms with Gasteiger partial charge in [-0.05, 0) is 11.0 Å². The van der Waals surface area contributed by atoms with Crippen molar-refractivity contribution in [2.24, 2.45) is 5.84 Å². The van der Waals surface area contributed by atoms with Gasteiger partial charge in [0, 0.05) is 0 Å². The first-order chi connectivity index (χ1) is 7.02. The second kappa shape index (κ2) is 6.98. The average molecular weight is 210 g/mol. The van der Waals surface area contributed by atoms with Gasteiger partial charge in [-0.15, -0.1) is 0 Å². The molecule has 0 spiro atoms. The number of carbonyl (C=O) groups excluding carboxylic acids is 1. The molecule has 0 bridgehead atoms. The summed E-state index contributed by atoms with van der Waals surface area (Å²) in [5, 5.41) is 0. The van der Waals surface area contributed by atoms with E-state index in [0.717, 1.165) is 0 Å². The quantitative estimate of drug-likeness (QED) is 0.441. The molecular formula is C11H18N2O2. The highest BCUT2D eigenvalue weighted by Crippen LogP contribution is 2.20. The number of hydrazine groups is 1. The van der Waals surface area contributed by atoms with Crippen LogP contribution in [0.4, 0.5) is 0 Å².